The Morgan fingerprint density at radius 2 is 2.24 bits per heavy atom. The van der Waals surface area contributed by atoms with Crippen LogP contribution in [0.3, 0.4) is 0 Å². The third kappa shape index (κ3) is 2.98. The molecule has 2 N–H and O–H groups in total. The Morgan fingerprint density at radius 3 is 2.81 bits per heavy atom. The largest absolute Gasteiger partial charge is 0.354 e. The average Bonchev–Trinajstić information content (AvgIpc) is 3.07. The molecule has 0 saturated heterocycles. The number of aromatic amines is 1. The van der Waals surface area contributed by atoms with Crippen LogP contribution in [0, 0.1) is 0 Å². The molecule has 0 bridgehead atoms. The van der Waals surface area contributed by atoms with E-state index in [9.17, 15) is 13.2 Å². The zero-order chi connectivity index (χ0) is 15.6. The lowest BCUT2D eigenvalue weighted by atomic mass is 10.4. The summed E-state index contributed by atoms with van der Waals surface area (Å²) in [5.41, 5.74) is 0.280. The van der Waals surface area contributed by atoms with E-state index in [4.69, 9.17) is 0 Å². The lowest BCUT2D eigenvalue weighted by Gasteiger charge is -2.14. The van der Waals surface area contributed by atoms with E-state index in [2.05, 4.69) is 15.3 Å². The summed E-state index contributed by atoms with van der Waals surface area (Å²) in [5.74, 6) is 0.205. The van der Waals surface area contributed by atoms with Crippen molar-refractivity contribution in [2.45, 2.75) is 11.4 Å². The first-order valence-corrected chi connectivity index (χ1v) is 7.63. The van der Waals surface area contributed by atoms with Gasteiger partial charge in [-0.15, -0.1) is 0 Å². The third-order valence-corrected chi connectivity index (χ3v) is 4.84. The molecule has 114 valence electrons. The second-order valence-corrected chi connectivity index (χ2v) is 6.59. The molecule has 0 spiro atoms. The number of H-pyrrole nitrogens is 1. The molecule has 1 amide bonds. The van der Waals surface area contributed by atoms with Crippen molar-refractivity contribution in [2.75, 3.05) is 14.1 Å². The van der Waals surface area contributed by atoms with E-state index in [0.717, 1.165) is 0 Å². The van der Waals surface area contributed by atoms with Crippen molar-refractivity contribution >= 4 is 15.9 Å². The highest BCUT2D eigenvalue weighted by Gasteiger charge is 2.25. The SMILES string of the molecule is CNC(=O)c1cc(S(=O)(=O)N(C)Cc2ncc[nH]2)cn1C. The van der Waals surface area contributed by atoms with E-state index in [-0.39, 0.29) is 23.0 Å². The third-order valence-electron chi connectivity index (χ3n) is 3.08. The second kappa shape index (κ2) is 5.70. The molecule has 2 heterocycles. The van der Waals surface area contributed by atoms with Gasteiger partial charge in [0.2, 0.25) is 10.0 Å². The van der Waals surface area contributed by atoms with Crippen LogP contribution >= 0.6 is 0 Å². The molecule has 0 aliphatic rings. The lowest BCUT2D eigenvalue weighted by molar-refractivity contribution is 0.0955. The predicted molar refractivity (Wildman–Crippen MR) is 76.0 cm³/mol. The molecule has 0 aliphatic carbocycles. The summed E-state index contributed by atoms with van der Waals surface area (Å²) in [6.07, 6.45) is 4.60. The number of hydrogen-bond acceptors (Lipinski definition) is 4. The predicted octanol–water partition coefficient (Wildman–Crippen LogP) is -0.0715. The Kier molecular flexibility index (Phi) is 4.14. The van der Waals surface area contributed by atoms with Gasteiger partial charge in [0.05, 0.1) is 6.54 Å². The zero-order valence-electron chi connectivity index (χ0n) is 12.0. The summed E-state index contributed by atoms with van der Waals surface area (Å²) in [4.78, 5) is 18.6. The monoisotopic (exact) mass is 311 g/mol. The van der Waals surface area contributed by atoms with Crippen LogP contribution in [-0.2, 0) is 23.6 Å². The Labute approximate surface area is 122 Å². The standard InChI is InChI=1S/C12H17N5O3S/c1-13-12(18)10-6-9(7-16(10)2)21(19,20)17(3)8-11-14-4-5-15-11/h4-7H,8H2,1-3H3,(H,13,18)(H,14,15). The van der Waals surface area contributed by atoms with Crippen LogP contribution in [0.4, 0.5) is 0 Å². The highest BCUT2D eigenvalue weighted by molar-refractivity contribution is 7.89. The summed E-state index contributed by atoms with van der Waals surface area (Å²) < 4.78 is 27.6. The van der Waals surface area contributed by atoms with E-state index in [1.165, 1.54) is 35.2 Å². The number of amides is 1. The summed E-state index contributed by atoms with van der Waals surface area (Å²) in [7, 11) is 0.890. The van der Waals surface area contributed by atoms with E-state index in [1.54, 1.807) is 19.4 Å². The van der Waals surface area contributed by atoms with Crippen LogP contribution < -0.4 is 5.32 Å². The first-order valence-electron chi connectivity index (χ1n) is 6.19. The summed E-state index contributed by atoms with van der Waals surface area (Å²) in [6, 6.07) is 1.35. The number of sulfonamides is 1. The van der Waals surface area contributed by atoms with E-state index >= 15 is 0 Å². The number of rotatable bonds is 5. The molecule has 0 fully saturated rings. The number of carbonyl (C=O) groups excluding carboxylic acids is 1. The number of hydrogen-bond donors (Lipinski definition) is 2. The zero-order valence-corrected chi connectivity index (χ0v) is 12.8. The second-order valence-electron chi connectivity index (χ2n) is 4.55. The number of nitrogens with zero attached hydrogens (tertiary/aromatic N) is 3. The van der Waals surface area contributed by atoms with Crippen molar-refractivity contribution in [3.63, 3.8) is 0 Å². The molecule has 2 rings (SSSR count). The van der Waals surface area contributed by atoms with Crippen LogP contribution in [0.25, 0.3) is 0 Å². The number of nitrogens with one attached hydrogen (secondary N) is 2. The summed E-state index contributed by atoms with van der Waals surface area (Å²) >= 11 is 0. The van der Waals surface area contributed by atoms with Gasteiger partial charge < -0.3 is 14.9 Å². The maximum Gasteiger partial charge on any atom is 0.267 e. The van der Waals surface area contributed by atoms with Crippen LogP contribution in [0.5, 0.6) is 0 Å². The molecule has 0 saturated carbocycles. The summed E-state index contributed by atoms with van der Waals surface area (Å²) in [6.45, 7) is 0.125. The molecular formula is C12H17N5O3S. The lowest BCUT2D eigenvalue weighted by Crippen LogP contribution is -2.26. The molecule has 0 atom stereocenters. The molecule has 0 unspecified atom stereocenters. The molecule has 2 aromatic rings. The molecular weight excluding hydrogens is 294 g/mol. The fourth-order valence-electron chi connectivity index (χ4n) is 1.89. The Morgan fingerprint density at radius 1 is 1.52 bits per heavy atom. The number of carbonyl (C=O) groups is 1. The maximum absolute atomic E-state index is 12.5. The van der Waals surface area contributed by atoms with Crippen molar-refractivity contribution in [2.24, 2.45) is 7.05 Å². The van der Waals surface area contributed by atoms with Crippen molar-refractivity contribution < 1.29 is 13.2 Å². The van der Waals surface area contributed by atoms with Gasteiger partial charge in [-0.05, 0) is 6.07 Å². The van der Waals surface area contributed by atoms with Gasteiger partial charge in [-0.2, -0.15) is 4.31 Å². The van der Waals surface area contributed by atoms with Gasteiger partial charge in [-0.1, -0.05) is 0 Å². The molecule has 0 radical (unpaired) electrons. The fraction of sp³-hybridized carbons (Fsp3) is 0.333. The minimum absolute atomic E-state index is 0.0673. The Hall–Kier alpha value is -2.13. The van der Waals surface area contributed by atoms with Crippen molar-refractivity contribution in [1.82, 2.24) is 24.2 Å². The van der Waals surface area contributed by atoms with E-state index in [0.29, 0.717) is 5.82 Å². The molecule has 21 heavy (non-hydrogen) atoms. The van der Waals surface area contributed by atoms with Gasteiger partial charge in [0, 0.05) is 39.7 Å². The van der Waals surface area contributed by atoms with Gasteiger partial charge in [0.15, 0.2) is 0 Å². The minimum atomic E-state index is -3.69. The van der Waals surface area contributed by atoms with Gasteiger partial charge >= 0.3 is 0 Å². The highest BCUT2D eigenvalue weighted by atomic mass is 32.2. The minimum Gasteiger partial charge on any atom is -0.354 e. The average molecular weight is 311 g/mol. The molecule has 8 nitrogen and oxygen atoms in total. The van der Waals surface area contributed by atoms with Gasteiger partial charge in [-0.3, -0.25) is 4.79 Å². The van der Waals surface area contributed by atoms with Crippen LogP contribution in [0.2, 0.25) is 0 Å². The van der Waals surface area contributed by atoms with Crippen LogP contribution in [0.1, 0.15) is 16.3 Å². The first-order chi connectivity index (χ1) is 9.86. The van der Waals surface area contributed by atoms with Gasteiger partial charge in [0.25, 0.3) is 5.91 Å². The Balaban J connectivity index is 2.29. The van der Waals surface area contributed by atoms with Gasteiger partial charge in [0.1, 0.15) is 16.4 Å². The molecule has 2 aromatic heterocycles. The smallest absolute Gasteiger partial charge is 0.267 e. The van der Waals surface area contributed by atoms with Crippen LogP contribution in [-0.4, -0.2) is 47.3 Å². The number of imidazole rings is 1. The maximum atomic E-state index is 12.5. The van der Waals surface area contributed by atoms with Crippen molar-refractivity contribution in [3.05, 3.63) is 36.2 Å². The Bertz CT molecular complexity index is 733. The van der Waals surface area contributed by atoms with Crippen LogP contribution in [0.15, 0.2) is 29.6 Å². The molecule has 0 aliphatic heterocycles. The number of aryl methyl sites for hydroxylation is 1. The fourth-order valence-corrected chi connectivity index (χ4v) is 3.09. The van der Waals surface area contributed by atoms with Crippen molar-refractivity contribution in [1.29, 1.82) is 0 Å². The normalized spacial score (nSPS) is 11.8. The highest BCUT2D eigenvalue weighted by Crippen LogP contribution is 2.18. The number of aromatic nitrogens is 3. The quantitative estimate of drug-likeness (QED) is 0.807. The summed E-state index contributed by atoms with van der Waals surface area (Å²) in [5, 5.41) is 2.47. The van der Waals surface area contributed by atoms with E-state index in [1.807, 2.05) is 0 Å². The van der Waals surface area contributed by atoms with E-state index < -0.39 is 10.0 Å². The van der Waals surface area contributed by atoms with Gasteiger partial charge in [-0.25, -0.2) is 13.4 Å². The molecule has 0 aromatic carbocycles. The first kappa shape index (κ1) is 15.3. The molecule has 9 heteroatoms. The van der Waals surface area contributed by atoms with Crippen molar-refractivity contribution in [3.8, 4) is 0 Å². The topological polar surface area (TPSA) is 100 Å².